The second-order valence-electron chi connectivity index (χ2n) is 5.81. The summed E-state index contributed by atoms with van der Waals surface area (Å²) in [6, 6.07) is 7.63. The number of carbonyl (C=O) groups excluding carboxylic acids is 1. The number of ether oxygens (including phenoxy) is 1. The largest absolute Gasteiger partial charge is 0.495 e. The maximum absolute atomic E-state index is 12.5. The van der Waals surface area contributed by atoms with Gasteiger partial charge in [0, 0.05) is 11.4 Å². The average Bonchev–Trinajstić information content (AvgIpc) is 2.91. The minimum atomic E-state index is -0.235. The summed E-state index contributed by atoms with van der Waals surface area (Å²) in [6.07, 6.45) is 0. The lowest BCUT2D eigenvalue weighted by atomic mass is 10.2. The van der Waals surface area contributed by atoms with Crippen LogP contribution in [0.4, 0.5) is 5.69 Å². The first-order valence-electron chi connectivity index (χ1n) is 7.61. The van der Waals surface area contributed by atoms with Gasteiger partial charge >= 0.3 is 0 Å². The van der Waals surface area contributed by atoms with E-state index >= 15 is 0 Å². The van der Waals surface area contributed by atoms with Crippen molar-refractivity contribution in [3.8, 4) is 5.75 Å². The fourth-order valence-corrected chi connectivity index (χ4v) is 3.25. The molecule has 0 spiro atoms. The zero-order valence-corrected chi connectivity index (χ0v) is 15.2. The first-order valence-corrected chi connectivity index (χ1v) is 8.49. The monoisotopic (exact) mass is 332 g/mol. The molecule has 5 heteroatoms. The lowest BCUT2D eigenvalue weighted by Crippen LogP contribution is -2.39. The van der Waals surface area contributed by atoms with Crippen molar-refractivity contribution in [3.63, 3.8) is 0 Å². The highest BCUT2D eigenvalue weighted by atomic mass is 32.1. The molecule has 0 radical (unpaired) electrons. The Morgan fingerprint density at radius 2 is 2.09 bits per heavy atom. The van der Waals surface area contributed by atoms with Gasteiger partial charge in [0.25, 0.3) is 0 Å². The van der Waals surface area contributed by atoms with Crippen LogP contribution in [0.3, 0.4) is 0 Å². The minimum absolute atomic E-state index is 0.0365. The molecule has 1 amide bonds. The Hall–Kier alpha value is -1.85. The molecule has 0 bridgehead atoms. The van der Waals surface area contributed by atoms with E-state index in [0.717, 1.165) is 12.1 Å². The smallest absolute Gasteiger partial charge is 0.241 e. The third-order valence-corrected chi connectivity index (χ3v) is 5.02. The van der Waals surface area contributed by atoms with Crippen LogP contribution in [0.2, 0.25) is 0 Å². The SMILES string of the molecule is COc1ccc(C)cc1NC(=O)[C@H](C)N(C)Cc1sccc1C. The molecule has 0 saturated carbocycles. The number of benzene rings is 1. The summed E-state index contributed by atoms with van der Waals surface area (Å²) >= 11 is 1.73. The number of amides is 1. The molecule has 1 aromatic heterocycles. The topological polar surface area (TPSA) is 41.6 Å². The molecule has 0 aliphatic heterocycles. The molecule has 0 aliphatic rings. The normalized spacial score (nSPS) is 12.3. The lowest BCUT2D eigenvalue weighted by Gasteiger charge is -2.24. The summed E-state index contributed by atoms with van der Waals surface area (Å²) < 4.78 is 5.32. The van der Waals surface area contributed by atoms with Gasteiger partial charge in [0.05, 0.1) is 18.8 Å². The molecular weight excluding hydrogens is 308 g/mol. The predicted molar refractivity (Wildman–Crippen MR) is 96.3 cm³/mol. The zero-order valence-electron chi connectivity index (χ0n) is 14.3. The molecule has 2 rings (SSSR count). The van der Waals surface area contributed by atoms with Crippen molar-refractivity contribution in [3.05, 3.63) is 45.6 Å². The molecule has 124 valence electrons. The van der Waals surface area contributed by atoms with Crippen LogP contribution in [-0.2, 0) is 11.3 Å². The number of thiophene rings is 1. The van der Waals surface area contributed by atoms with E-state index in [-0.39, 0.29) is 11.9 Å². The highest BCUT2D eigenvalue weighted by molar-refractivity contribution is 7.10. The second kappa shape index (κ2) is 7.62. The van der Waals surface area contributed by atoms with Crippen molar-refractivity contribution in [2.24, 2.45) is 0 Å². The van der Waals surface area contributed by atoms with E-state index in [4.69, 9.17) is 4.74 Å². The van der Waals surface area contributed by atoms with Gasteiger partial charge in [0.2, 0.25) is 5.91 Å². The van der Waals surface area contributed by atoms with E-state index in [2.05, 4.69) is 28.6 Å². The van der Waals surface area contributed by atoms with Crippen molar-refractivity contribution >= 4 is 22.9 Å². The Bertz CT molecular complexity index is 681. The standard InChI is InChI=1S/C18H24N2O2S/c1-12-6-7-16(22-5)15(10-12)19-18(21)14(3)20(4)11-17-13(2)8-9-23-17/h6-10,14H,11H2,1-5H3,(H,19,21)/t14-/m0/s1. The summed E-state index contributed by atoms with van der Waals surface area (Å²) in [5.74, 6) is 0.638. The first kappa shape index (κ1) is 17.5. The molecule has 1 atom stereocenters. The number of carbonyl (C=O) groups is 1. The van der Waals surface area contributed by atoms with Gasteiger partial charge in [-0.15, -0.1) is 11.3 Å². The number of aryl methyl sites for hydroxylation is 2. The van der Waals surface area contributed by atoms with Gasteiger partial charge in [0.1, 0.15) is 5.75 Å². The lowest BCUT2D eigenvalue weighted by molar-refractivity contribution is -0.120. The van der Waals surface area contributed by atoms with Gasteiger partial charge in [-0.2, -0.15) is 0 Å². The van der Waals surface area contributed by atoms with Gasteiger partial charge in [-0.25, -0.2) is 0 Å². The third-order valence-electron chi connectivity index (χ3n) is 4.01. The van der Waals surface area contributed by atoms with Crippen LogP contribution in [0, 0.1) is 13.8 Å². The van der Waals surface area contributed by atoms with E-state index in [1.165, 1.54) is 10.4 Å². The molecular formula is C18H24N2O2S. The van der Waals surface area contributed by atoms with Crippen LogP contribution in [0.1, 0.15) is 22.9 Å². The summed E-state index contributed by atoms with van der Waals surface area (Å²) in [5, 5.41) is 5.06. The van der Waals surface area contributed by atoms with Crippen LogP contribution in [0.25, 0.3) is 0 Å². The molecule has 1 N–H and O–H groups in total. The molecule has 2 aromatic rings. The molecule has 1 heterocycles. The van der Waals surface area contributed by atoms with Crippen molar-refractivity contribution in [2.45, 2.75) is 33.4 Å². The minimum Gasteiger partial charge on any atom is -0.495 e. The number of anilines is 1. The molecule has 0 aliphatic carbocycles. The molecule has 4 nitrogen and oxygen atoms in total. The fourth-order valence-electron chi connectivity index (χ4n) is 2.29. The highest BCUT2D eigenvalue weighted by Crippen LogP contribution is 2.26. The van der Waals surface area contributed by atoms with Crippen molar-refractivity contribution in [1.82, 2.24) is 4.90 Å². The maximum Gasteiger partial charge on any atom is 0.241 e. The van der Waals surface area contributed by atoms with Crippen LogP contribution in [0.5, 0.6) is 5.75 Å². The van der Waals surface area contributed by atoms with Crippen molar-refractivity contribution in [2.75, 3.05) is 19.5 Å². The first-order chi connectivity index (χ1) is 10.9. The van der Waals surface area contributed by atoms with E-state index in [1.54, 1.807) is 18.4 Å². The van der Waals surface area contributed by atoms with Gasteiger partial charge in [-0.3, -0.25) is 9.69 Å². The number of hydrogen-bond acceptors (Lipinski definition) is 4. The predicted octanol–water partition coefficient (Wildman–Crippen LogP) is 3.83. The Balaban J connectivity index is 2.05. The Morgan fingerprint density at radius 3 is 2.70 bits per heavy atom. The molecule has 1 aromatic carbocycles. The summed E-state index contributed by atoms with van der Waals surface area (Å²) in [7, 11) is 3.58. The molecule has 0 fully saturated rings. The number of methoxy groups -OCH3 is 1. The van der Waals surface area contributed by atoms with Gasteiger partial charge in [-0.1, -0.05) is 6.07 Å². The number of likely N-dealkylation sites (N-methyl/N-ethyl adjacent to an activating group) is 1. The van der Waals surface area contributed by atoms with Crippen LogP contribution in [-0.4, -0.2) is 31.0 Å². The number of nitrogens with one attached hydrogen (secondary N) is 1. The van der Waals surface area contributed by atoms with Crippen molar-refractivity contribution in [1.29, 1.82) is 0 Å². The van der Waals surface area contributed by atoms with Gasteiger partial charge < -0.3 is 10.1 Å². The van der Waals surface area contributed by atoms with Crippen molar-refractivity contribution < 1.29 is 9.53 Å². The van der Waals surface area contributed by atoms with E-state index in [1.807, 2.05) is 39.1 Å². The molecule has 0 unspecified atom stereocenters. The average molecular weight is 332 g/mol. The zero-order chi connectivity index (χ0) is 17.0. The fraction of sp³-hybridized carbons (Fsp3) is 0.389. The quantitative estimate of drug-likeness (QED) is 0.874. The Labute approximate surface area is 142 Å². The van der Waals surface area contributed by atoms with E-state index in [9.17, 15) is 4.79 Å². The maximum atomic E-state index is 12.5. The van der Waals surface area contributed by atoms with Crippen LogP contribution < -0.4 is 10.1 Å². The van der Waals surface area contributed by atoms with Gasteiger partial charge in [0.15, 0.2) is 0 Å². The second-order valence-corrected chi connectivity index (χ2v) is 6.81. The van der Waals surface area contributed by atoms with Gasteiger partial charge in [-0.05, 0) is 62.5 Å². The Kier molecular flexibility index (Phi) is 5.80. The molecule has 23 heavy (non-hydrogen) atoms. The van der Waals surface area contributed by atoms with E-state index < -0.39 is 0 Å². The van der Waals surface area contributed by atoms with Crippen LogP contribution >= 0.6 is 11.3 Å². The van der Waals surface area contributed by atoms with Crippen LogP contribution in [0.15, 0.2) is 29.6 Å². The number of nitrogens with zero attached hydrogens (tertiary/aromatic N) is 1. The van der Waals surface area contributed by atoms with E-state index in [0.29, 0.717) is 11.4 Å². The third kappa shape index (κ3) is 4.33. The Morgan fingerprint density at radius 1 is 1.35 bits per heavy atom. The molecule has 0 saturated heterocycles. The summed E-state index contributed by atoms with van der Waals surface area (Å²) in [5.41, 5.74) is 3.07. The highest BCUT2D eigenvalue weighted by Gasteiger charge is 2.20. The summed E-state index contributed by atoms with van der Waals surface area (Å²) in [4.78, 5) is 15.9. The number of rotatable bonds is 6. The summed E-state index contributed by atoms with van der Waals surface area (Å²) in [6.45, 7) is 6.77. The number of hydrogen-bond donors (Lipinski definition) is 1.